The van der Waals surface area contributed by atoms with E-state index in [-0.39, 0.29) is 5.91 Å². The first kappa shape index (κ1) is 20.2. The molecule has 1 amide bonds. The summed E-state index contributed by atoms with van der Waals surface area (Å²) < 4.78 is 10.7. The molecule has 6 heteroatoms. The maximum atomic E-state index is 12.6. The first-order chi connectivity index (χ1) is 15.7. The number of anilines is 3. The Balaban J connectivity index is 1.33. The van der Waals surface area contributed by atoms with Gasteiger partial charge in [-0.2, -0.15) is 0 Å². The van der Waals surface area contributed by atoms with E-state index >= 15 is 0 Å². The molecule has 3 aromatic rings. The lowest BCUT2D eigenvalue weighted by Crippen LogP contribution is -2.36. The first-order valence-electron chi connectivity index (χ1n) is 10.7. The third-order valence-corrected chi connectivity index (χ3v) is 5.83. The topological polar surface area (TPSA) is 62.8 Å². The van der Waals surface area contributed by atoms with Crippen LogP contribution >= 0.6 is 0 Å². The highest BCUT2D eigenvalue weighted by molar-refractivity contribution is 6.31. The third-order valence-electron chi connectivity index (χ3n) is 5.83. The summed E-state index contributed by atoms with van der Waals surface area (Å²) in [5, 5.41) is 6.24. The van der Waals surface area contributed by atoms with Crippen LogP contribution in [0.1, 0.15) is 5.56 Å². The van der Waals surface area contributed by atoms with E-state index in [1.165, 1.54) is 5.69 Å². The summed E-state index contributed by atoms with van der Waals surface area (Å²) in [7, 11) is 1.66. The van der Waals surface area contributed by atoms with Crippen LogP contribution in [0.25, 0.3) is 16.7 Å². The Kier molecular flexibility index (Phi) is 5.52. The fraction of sp³-hybridized carbons (Fsp3) is 0.192. The number of hydrogen-bond donors (Lipinski definition) is 2. The van der Waals surface area contributed by atoms with Crippen LogP contribution in [-0.2, 0) is 9.53 Å². The van der Waals surface area contributed by atoms with Gasteiger partial charge in [0.05, 0.1) is 25.9 Å². The molecule has 162 valence electrons. The Morgan fingerprint density at radius 1 is 1.00 bits per heavy atom. The molecule has 2 N–H and O–H groups in total. The van der Waals surface area contributed by atoms with E-state index in [0.29, 0.717) is 5.57 Å². The van der Waals surface area contributed by atoms with Crippen LogP contribution in [0.15, 0.2) is 72.9 Å². The zero-order chi connectivity index (χ0) is 21.9. The molecule has 0 unspecified atom stereocenters. The monoisotopic (exact) mass is 427 g/mol. The van der Waals surface area contributed by atoms with E-state index in [1.54, 1.807) is 13.3 Å². The van der Waals surface area contributed by atoms with E-state index in [4.69, 9.17) is 9.47 Å². The number of benzene rings is 3. The lowest BCUT2D eigenvalue weighted by molar-refractivity contribution is -0.110. The summed E-state index contributed by atoms with van der Waals surface area (Å²) in [5.41, 5.74) is 6.50. The fourth-order valence-electron chi connectivity index (χ4n) is 4.07. The third kappa shape index (κ3) is 4.05. The molecule has 6 nitrogen and oxygen atoms in total. The highest BCUT2D eigenvalue weighted by Gasteiger charge is 2.24. The van der Waals surface area contributed by atoms with Crippen LogP contribution in [0.5, 0.6) is 5.75 Å². The molecule has 0 saturated carbocycles. The Labute approximate surface area is 187 Å². The number of hydrogen-bond acceptors (Lipinski definition) is 5. The normalized spacial score (nSPS) is 16.6. The maximum absolute atomic E-state index is 12.6. The number of ether oxygens (including phenoxy) is 2. The second-order valence-electron chi connectivity index (χ2n) is 7.80. The number of amides is 1. The van der Waals surface area contributed by atoms with E-state index in [0.717, 1.165) is 60.1 Å². The van der Waals surface area contributed by atoms with Gasteiger partial charge in [-0.05, 0) is 53.6 Å². The molecule has 2 heterocycles. The van der Waals surface area contributed by atoms with Gasteiger partial charge < -0.3 is 25.0 Å². The molecule has 0 bridgehead atoms. The number of nitrogens with one attached hydrogen (secondary N) is 2. The van der Waals surface area contributed by atoms with Crippen LogP contribution in [0, 0.1) is 0 Å². The number of nitrogens with zero attached hydrogens (tertiary/aromatic N) is 1. The Hall–Kier alpha value is -3.77. The van der Waals surface area contributed by atoms with E-state index in [2.05, 4.69) is 27.7 Å². The van der Waals surface area contributed by atoms with Crippen molar-refractivity contribution in [3.05, 3.63) is 78.5 Å². The van der Waals surface area contributed by atoms with Crippen molar-refractivity contribution in [2.24, 2.45) is 0 Å². The quantitative estimate of drug-likeness (QED) is 0.583. The Bertz CT molecular complexity index is 1170. The Morgan fingerprint density at radius 2 is 1.78 bits per heavy atom. The van der Waals surface area contributed by atoms with Crippen LogP contribution in [0.4, 0.5) is 17.1 Å². The first-order valence-corrected chi connectivity index (χ1v) is 10.7. The van der Waals surface area contributed by atoms with Crippen molar-refractivity contribution in [1.82, 2.24) is 0 Å². The van der Waals surface area contributed by atoms with Gasteiger partial charge in [0.15, 0.2) is 0 Å². The number of carbonyl (C=O) groups excluding carboxylic acids is 1. The number of methoxy groups -OCH3 is 1. The Morgan fingerprint density at radius 3 is 2.56 bits per heavy atom. The summed E-state index contributed by atoms with van der Waals surface area (Å²) in [6.45, 7) is 3.34. The largest absolute Gasteiger partial charge is 0.497 e. The molecule has 2 aliphatic rings. The summed E-state index contributed by atoms with van der Waals surface area (Å²) in [6.07, 6.45) is 1.77. The molecule has 0 spiro atoms. The SMILES string of the molecule is COc1cccc(-c2ccc3c(c2)NC(=O)C3=CNc2ccc(N3CCOCC3)cc2)c1. The lowest BCUT2D eigenvalue weighted by atomic mass is 10.0. The highest BCUT2D eigenvalue weighted by atomic mass is 16.5. The van der Waals surface area contributed by atoms with Gasteiger partial charge in [0, 0.05) is 41.9 Å². The molecule has 1 saturated heterocycles. The molecule has 0 atom stereocenters. The summed E-state index contributed by atoms with van der Waals surface area (Å²) in [4.78, 5) is 14.9. The molecule has 0 radical (unpaired) electrons. The van der Waals surface area contributed by atoms with Crippen molar-refractivity contribution in [3.63, 3.8) is 0 Å². The van der Waals surface area contributed by atoms with Crippen molar-refractivity contribution in [2.45, 2.75) is 0 Å². The van der Waals surface area contributed by atoms with Crippen molar-refractivity contribution in [3.8, 4) is 16.9 Å². The molecule has 5 rings (SSSR count). The predicted molar refractivity (Wildman–Crippen MR) is 128 cm³/mol. The van der Waals surface area contributed by atoms with E-state index < -0.39 is 0 Å². The number of rotatable bonds is 5. The summed E-state index contributed by atoms with van der Waals surface area (Å²) >= 11 is 0. The number of morpholine rings is 1. The number of fused-ring (bicyclic) bond motifs is 1. The van der Waals surface area contributed by atoms with Crippen molar-refractivity contribution >= 4 is 28.5 Å². The molecular weight excluding hydrogens is 402 g/mol. The van der Waals surface area contributed by atoms with Crippen molar-refractivity contribution < 1.29 is 14.3 Å². The molecule has 32 heavy (non-hydrogen) atoms. The van der Waals surface area contributed by atoms with Crippen molar-refractivity contribution in [1.29, 1.82) is 0 Å². The summed E-state index contributed by atoms with van der Waals surface area (Å²) in [5.74, 6) is 0.691. The molecular formula is C26H25N3O3. The average molecular weight is 428 g/mol. The summed E-state index contributed by atoms with van der Waals surface area (Å²) in [6, 6.07) is 22.1. The van der Waals surface area contributed by atoms with Gasteiger partial charge in [0.2, 0.25) is 0 Å². The zero-order valence-corrected chi connectivity index (χ0v) is 17.9. The molecule has 0 aromatic heterocycles. The molecule has 3 aromatic carbocycles. The maximum Gasteiger partial charge on any atom is 0.257 e. The smallest absolute Gasteiger partial charge is 0.257 e. The van der Waals surface area contributed by atoms with Gasteiger partial charge in [0.25, 0.3) is 5.91 Å². The van der Waals surface area contributed by atoms with Crippen LogP contribution in [-0.4, -0.2) is 39.3 Å². The lowest BCUT2D eigenvalue weighted by Gasteiger charge is -2.28. The second-order valence-corrected chi connectivity index (χ2v) is 7.80. The molecule has 1 fully saturated rings. The van der Waals surface area contributed by atoms with Crippen LogP contribution < -0.4 is 20.3 Å². The zero-order valence-electron chi connectivity index (χ0n) is 17.9. The van der Waals surface area contributed by atoms with Gasteiger partial charge >= 0.3 is 0 Å². The van der Waals surface area contributed by atoms with Gasteiger partial charge in [-0.25, -0.2) is 0 Å². The number of carbonyl (C=O) groups is 1. The minimum atomic E-state index is -0.111. The minimum Gasteiger partial charge on any atom is -0.497 e. The predicted octanol–water partition coefficient (Wildman–Crippen LogP) is 4.60. The fourth-order valence-corrected chi connectivity index (χ4v) is 4.07. The van der Waals surface area contributed by atoms with Gasteiger partial charge in [-0.15, -0.1) is 0 Å². The van der Waals surface area contributed by atoms with Gasteiger partial charge in [0.1, 0.15) is 5.75 Å². The van der Waals surface area contributed by atoms with E-state index in [1.807, 2.05) is 54.6 Å². The second kappa shape index (κ2) is 8.77. The van der Waals surface area contributed by atoms with Crippen molar-refractivity contribution in [2.75, 3.05) is 48.9 Å². The van der Waals surface area contributed by atoms with E-state index in [9.17, 15) is 4.79 Å². The molecule has 0 aliphatic carbocycles. The molecule has 2 aliphatic heterocycles. The van der Waals surface area contributed by atoms with Crippen LogP contribution in [0.2, 0.25) is 0 Å². The average Bonchev–Trinajstić information content (AvgIpc) is 3.17. The van der Waals surface area contributed by atoms with Gasteiger partial charge in [-0.1, -0.05) is 24.3 Å². The highest BCUT2D eigenvalue weighted by Crippen LogP contribution is 2.36. The standard InChI is InChI=1S/C26H25N3O3/c1-31-22-4-2-3-18(15-22)19-5-10-23-24(26(30)28-25(23)16-19)17-27-20-6-8-21(9-7-20)29-11-13-32-14-12-29/h2-10,15-17,27H,11-14H2,1H3,(H,28,30). The van der Waals surface area contributed by atoms with Gasteiger partial charge in [-0.3, -0.25) is 4.79 Å². The van der Waals surface area contributed by atoms with Crippen LogP contribution in [0.3, 0.4) is 0 Å². The minimum absolute atomic E-state index is 0.111.